The van der Waals surface area contributed by atoms with Crippen molar-refractivity contribution < 1.29 is 28.2 Å². The second-order valence-electron chi connectivity index (χ2n) is 8.14. The smallest absolute Gasteiger partial charge is 0.414 e. The highest BCUT2D eigenvalue weighted by atomic mass is 19.1. The van der Waals surface area contributed by atoms with E-state index in [0.717, 1.165) is 6.42 Å². The lowest BCUT2D eigenvalue weighted by Crippen LogP contribution is -2.67. The number of carbonyl (C=O) groups excluding carboxylic acids is 2. The Balaban J connectivity index is 1.27. The fraction of sp³-hybridized carbons (Fsp3) is 0.600. The van der Waals surface area contributed by atoms with Gasteiger partial charge < -0.3 is 24.4 Å². The number of cyclic esters (lactones) is 1. The van der Waals surface area contributed by atoms with Crippen LogP contribution < -0.4 is 15.1 Å². The van der Waals surface area contributed by atoms with Gasteiger partial charge in [-0.25, -0.2) is 9.18 Å². The average molecular weight is 405 g/mol. The van der Waals surface area contributed by atoms with E-state index in [1.165, 1.54) is 17.9 Å². The van der Waals surface area contributed by atoms with Crippen LogP contribution in [-0.2, 0) is 19.0 Å². The van der Waals surface area contributed by atoms with Crippen LogP contribution in [0.5, 0.6) is 0 Å². The molecule has 9 heteroatoms. The molecule has 1 spiro atoms. The summed E-state index contributed by atoms with van der Waals surface area (Å²) in [6, 6.07) is 4.82. The van der Waals surface area contributed by atoms with Gasteiger partial charge in [-0.05, 0) is 24.6 Å². The molecule has 1 aromatic carbocycles. The molecule has 156 valence electrons. The van der Waals surface area contributed by atoms with Crippen molar-refractivity contribution in [2.75, 3.05) is 49.2 Å². The van der Waals surface area contributed by atoms with E-state index in [2.05, 4.69) is 5.32 Å². The van der Waals surface area contributed by atoms with Crippen LogP contribution in [0.2, 0.25) is 0 Å². The van der Waals surface area contributed by atoms with Gasteiger partial charge in [-0.3, -0.25) is 9.69 Å². The van der Waals surface area contributed by atoms with Crippen LogP contribution in [0.15, 0.2) is 18.2 Å². The van der Waals surface area contributed by atoms with Crippen LogP contribution in [0.25, 0.3) is 0 Å². The highest BCUT2D eigenvalue weighted by molar-refractivity contribution is 5.90. The molecule has 1 aliphatic carbocycles. The molecule has 5 fully saturated rings. The minimum Gasteiger partial charge on any atom is -0.442 e. The van der Waals surface area contributed by atoms with Crippen LogP contribution >= 0.6 is 0 Å². The first kappa shape index (κ1) is 18.6. The number of rotatable bonds is 4. The topological polar surface area (TPSA) is 80.3 Å². The molecule has 6 rings (SSSR count). The summed E-state index contributed by atoms with van der Waals surface area (Å²) in [6.45, 7) is 4.55. The minimum atomic E-state index is -0.538. The lowest BCUT2D eigenvalue weighted by molar-refractivity contribution is -0.293. The number of hydrogen-bond acceptors (Lipinski definition) is 6. The third-order valence-corrected chi connectivity index (χ3v) is 6.36. The summed E-state index contributed by atoms with van der Waals surface area (Å²) in [4.78, 5) is 26.6. The number of piperidine rings is 2. The summed E-state index contributed by atoms with van der Waals surface area (Å²) in [5.41, 5.74) is 0.973. The Labute approximate surface area is 167 Å². The Morgan fingerprint density at radius 3 is 2.62 bits per heavy atom. The maximum Gasteiger partial charge on any atom is 0.414 e. The minimum absolute atomic E-state index is 0.190. The van der Waals surface area contributed by atoms with Gasteiger partial charge in [0.2, 0.25) is 5.91 Å². The van der Waals surface area contributed by atoms with Gasteiger partial charge in [-0.1, -0.05) is 0 Å². The van der Waals surface area contributed by atoms with Gasteiger partial charge in [0, 0.05) is 31.8 Å². The number of carbonyl (C=O) groups is 2. The van der Waals surface area contributed by atoms with Gasteiger partial charge in [-0.15, -0.1) is 0 Å². The van der Waals surface area contributed by atoms with Gasteiger partial charge in [0.25, 0.3) is 0 Å². The van der Waals surface area contributed by atoms with E-state index in [0.29, 0.717) is 37.7 Å². The second-order valence-corrected chi connectivity index (χ2v) is 8.14. The largest absolute Gasteiger partial charge is 0.442 e. The van der Waals surface area contributed by atoms with Crippen molar-refractivity contribution >= 4 is 23.4 Å². The van der Waals surface area contributed by atoms with Gasteiger partial charge in [0.1, 0.15) is 11.9 Å². The first-order chi connectivity index (χ1) is 14.0. The zero-order chi connectivity index (χ0) is 20.2. The molecule has 2 bridgehead atoms. The van der Waals surface area contributed by atoms with E-state index in [-0.39, 0.29) is 36.6 Å². The van der Waals surface area contributed by atoms with Crippen LogP contribution in [0.1, 0.15) is 13.3 Å². The fourth-order valence-electron chi connectivity index (χ4n) is 4.98. The Morgan fingerprint density at radius 1 is 1.24 bits per heavy atom. The summed E-state index contributed by atoms with van der Waals surface area (Å²) in [5, 5.41) is 2.63. The van der Waals surface area contributed by atoms with E-state index in [4.69, 9.17) is 14.2 Å². The molecule has 2 amide bonds. The Bertz CT molecular complexity index is 829. The number of benzene rings is 1. The van der Waals surface area contributed by atoms with Gasteiger partial charge in [-0.2, -0.15) is 0 Å². The van der Waals surface area contributed by atoms with Crippen molar-refractivity contribution in [3.8, 4) is 0 Å². The summed E-state index contributed by atoms with van der Waals surface area (Å²) in [7, 11) is 0. The molecule has 4 heterocycles. The lowest BCUT2D eigenvalue weighted by Gasteiger charge is -2.58. The first-order valence-corrected chi connectivity index (χ1v) is 10.0. The standard InChI is InChI=1S/C20H24FN3O5/c1-12(25)22-8-16-11-24(19(26)29-16)15-2-3-18(17(21)7-15)23-9-13-6-14(10-23)20(13)27-4-5-28-20/h2-3,7,13-14,16H,4-6,8-11H2,1H3,(H,22,25)/t13?,14?,16-/m0/s1. The zero-order valence-electron chi connectivity index (χ0n) is 16.2. The highest BCUT2D eigenvalue weighted by Gasteiger charge is 2.63. The molecule has 5 aliphatic rings. The van der Waals surface area contributed by atoms with Crippen LogP contribution in [0, 0.1) is 17.7 Å². The predicted octanol–water partition coefficient (Wildman–Crippen LogP) is 1.49. The Hall–Kier alpha value is -2.39. The van der Waals surface area contributed by atoms with Crippen molar-refractivity contribution in [1.29, 1.82) is 0 Å². The average Bonchev–Trinajstić information content (AvgIpc) is 3.35. The first-order valence-electron chi connectivity index (χ1n) is 10.0. The molecule has 1 saturated carbocycles. The van der Waals surface area contributed by atoms with Crippen LogP contribution in [0.3, 0.4) is 0 Å². The molecule has 4 aliphatic heterocycles. The van der Waals surface area contributed by atoms with Gasteiger partial charge in [0.15, 0.2) is 5.79 Å². The van der Waals surface area contributed by atoms with E-state index >= 15 is 0 Å². The normalized spacial score (nSPS) is 29.7. The van der Waals surface area contributed by atoms with Crippen molar-refractivity contribution in [1.82, 2.24) is 5.32 Å². The lowest BCUT2D eigenvalue weighted by atomic mass is 9.64. The number of halogens is 1. The quantitative estimate of drug-likeness (QED) is 0.818. The maximum atomic E-state index is 14.9. The van der Waals surface area contributed by atoms with Crippen molar-refractivity contribution in [2.24, 2.45) is 11.8 Å². The van der Waals surface area contributed by atoms with E-state index in [1.54, 1.807) is 12.1 Å². The molecular formula is C20H24FN3O5. The molecule has 29 heavy (non-hydrogen) atoms. The molecule has 0 radical (unpaired) electrons. The fourth-order valence-corrected chi connectivity index (χ4v) is 4.98. The number of anilines is 2. The van der Waals surface area contributed by atoms with E-state index in [9.17, 15) is 14.0 Å². The second kappa shape index (κ2) is 6.84. The summed E-state index contributed by atoms with van der Waals surface area (Å²) in [6.07, 6.45) is 0.0565. The monoisotopic (exact) mass is 405 g/mol. The molecule has 1 aromatic rings. The number of nitrogens with zero attached hydrogens (tertiary/aromatic N) is 2. The molecule has 4 saturated heterocycles. The molecule has 1 N–H and O–H groups in total. The predicted molar refractivity (Wildman–Crippen MR) is 101 cm³/mol. The Morgan fingerprint density at radius 2 is 1.97 bits per heavy atom. The maximum absolute atomic E-state index is 14.9. The van der Waals surface area contributed by atoms with Crippen molar-refractivity contribution in [2.45, 2.75) is 25.2 Å². The zero-order valence-corrected chi connectivity index (χ0v) is 16.2. The third-order valence-electron chi connectivity index (χ3n) is 6.36. The van der Waals surface area contributed by atoms with E-state index in [1.807, 2.05) is 4.90 Å². The van der Waals surface area contributed by atoms with Gasteiger partial charge in [0.05, 0.1) is 37.7 Å². The highest BCUT2D eigenvalue weighted by Crippen LogP contribution is 2.54. The number of hydrogen-bond donors (Lipinski definition) is 1. The molecular weight excluding hydrogens is 381 g/mol. The van der Waals surface area contributed by atoms with Crippen molar-refractivity contribution in [3.05, 3.63) is 24.0 Å². The molecule has 2 unspecified atom stereocenters. The van der Waals surface area contributed by atoms with Crippen LogP contribution in [0.4, 0.5) is 20.6 Å². The molecule has 3 atom stereocenters. The molecule has 0 aromatic heterocycles. The van der Waals surface area contributed by atoms with E-state index < -0.39 is 18.0 Å². The Kier molecular flexibility index (Phi) is 4.40. The number of ether oxygens (including phenoxy) is 3. The SMILES string of the molecule is CC(=O)NC[C@H]1CN(c2ccc(N3CC4CC(C3)C43OCCO3)c(F)c2)C(=O)O1. The summed E-state index contributed by atoms with van der Waals surface area (Å²) < 4.78 is 31.9. The third kappa shape index (κ3) is 3.03. The summed E-state index contributed by atoms with van der Waals surface area (Å²) in [5.74, 6) is -0.500. The van der Waals surface area contributed by atoms with Crippen molar-refractivity contribution in [3.63, 3.8) is 0 Å². The van der Waals surface area contributed by atoms with Gasteiger partial charge >= 0.3 is 6.09 Å². The summed E-state index contributed by atoms with van der Waals surface area (Å²) >= 11 is 0. The number of amides is 2. The molecule has 8 nitrogen and oxygen atoms in total. The number of nitrogens with one attached hydrogen (secondary N) is 1. The van der Waals surface area contributed by atoms with Crippen LogP contribution in [-0.4, -0.2) is 63.3 Å². The number of fused-ring (bicyclic) bond motifs is 2.